The molecule has 20 heavy (non-hydrogen) atoms. The maximum absolute atomic E-state index is 4.83. The maximum Gasteiger partial charge on any atom is 0.109 e. The van der Waals surface area contributed by atoms with E-state index in [0.29, 0.717) is 17.5 Å². The Labute approximate surface area is 121 Å². The van der Waals surface area contributed by atoms with Crippen LogP contribution in [0.2, 0.25) is 0 Å². The topological polar surface area (TPSA) is 29.9 Å². The Morgan fingerprint density at radius 3 is 2.80 bits per heavy atom. The number of para-hydroxylation sites is 2. The number of hydrogen-bond acceptors (Lipinski definition) is 2. The van der Waals surface area contributed by atoms with Crippen LogP contribution >= 0.6 is 0 Å². The van der Waals surface area contributed by atoms with Gasteiger partial charge in [-0.3, -0.25) is 0 Å². The zero-order valence-electron chi connectivity index (χ0n) is 13.0. The molecule has 1 aliphatic rings. The average molecular weight is 271 g/mol. The molecular weight excluding hydrogens is 246 g/mol. The molecule has 2 unspecified atom stereocenters. The predicted molar refractivity (Wildman–Crippen MR) is 84.0 cm³/mol. The summed E-state index contributed by atoms with van der Waals surface area (Å²) in [7, 11) is 2.09. The third-order valence-electron chi connectivity index (χ3n) is 4.94. The van der Waals surface area contributed by atoms with E-state index >= 15 is 0 Å². The van der Waals surface area contributed by atoms with E-state index in [1.165, 1.54) is 24.2 Å². The largest absolute Gasteiger partial charge is 0.323 e. The Hall–Kier alpha value is -1.35. The van der Waals surface area contributed by atoms with Crippen molar-refractivity contribution in [3.05, 3.63) is 30.1 Å². The number of imidazole rings is 1. The van der Waals surface area contributed by atoms with Gasteiger partial charge in [-0.1, -0.05) is 32.9 Å². The number of nitrogens with one attached hydrogen (secondary N) is 1. The Balaban J connectivity index is 2.14. The lowest BCUT2D eigenvalue weighted by molar-refractivity contribution is 0.261. The summed E-state index contributed by atoms with van der Waals surface area (Å²) in [5.74, 6) is 1.22. The second kappa shape index (κ2) is 4.88. The molecule has 108 valence electrons. The molecule has 1 fully saturated rings. The zero-order valence-corrected chi connectivity index (χ0v) is 13.0. The van der Waals surface area contributed by atoms with Gasteiger partial charge in [0.25, 0.3) is 0 Å². The number of aromatic nitrogens is 2. The average Bonchev–Trinajstić information content (AvgIpc) is 2.94. The van der Waals surface area contributed by atoms with Crippen LogP contribution in [0.1, 0.15) is 45.5 Å². The normalized spacial score (nSPS) is 25.4. The number of aryl methyl sites for hydroxylation is 1. The highest BCUT2D eigenvalue weighted by Gasteiger charge is 2.42. The molecule has 1 saturated carbocycles. The summed E-state index contributed by atoms with van der Waals surface area (Å²) in [5, 5.41) is 3.56. The highest BCUT2D eigenvalue weighted by atomic mass is 15.2. The van der Waals surface area contributed by atoms with Gasteiger partial charge in [0.2, 0.25) is 0 Å². The van der Waals surface area contributed by atoms with E-state index < -0.39 is 0 Å². The smallest absolute Gasteiger partial charge is 0.109 e. The number of likely N-dealkylation sites (N-methyl/N-ethyl adjacent to an activating group) is 1. The van der Waals surface area contributed by atoms with Crippen LogP contribution in [0, 0.1) is 5.41 Å². The van der Waals surface area contributed by atoms with Gasteiger partial charge < -0.3 is 9.88 Å². The van der Waals surface area contributed by atoms with Crippen molar-refractivity contribution in [1.29, 1.82) is 0 Å². The lowest BCUT2D eigenvalue weighted by atomic mass is 9.86. The fourth-order valence-corrected chi connectivity index (χ4v) is 3.94. The molecule has 2 aromatic rings. The first-order chi connectivity index (χ1) is 9.58. The molecule has 0 aliphatic heterocycles. The summed E-state index contributed by atoms with van der Waals surface area (Å²) in [5.41, 5.74) is 2.76. The molecule has 3 rings (SSSR count). The van der Waals surface area contributed by atoms with Crippen LogP contribution in [0.3, 0.4) is 0 Å². The summed E-state index contributed by atoms with van der Waals surface area (Å²) >= 11 is 0. The second-order valence-corrected chi connectivity index (χ2v) is 6.60. The summed E-state index contributed by atoms with van der Waals surface area (Å²) < 4.78 is 2.49. The molecule has 1 aliphatic carbocycles. The van der Waals surface area contributed by atoms with Gasteiger partial charge in [-0.05, 0) is 37.4 Å². The molecule has 3 heteroatoms. The highest BCUT2D eigenvalue weighted by molar-refractivity contribution is 5.76. The maximum atomic E-state index is 4.83. The number of nitrogens with zero attached hydrogens (tertiary/aromatic N) is 2. The molecule has 0 bridgehead atoms. The summed E-state index contributed by atoms with van der Waals surface area (Å²) in [6.45, 7) is 6.95. The van der Waals surface area contributed by atoms with Crippen molar-refractivity contribution in [2.24, 2.45) is 5.41 Å². The molecule has 1 N–H and O–H groups in total. The van der Waals surface area contributed by atoms with Gasteiger partial charge in [0, 0.05) is 12.5 Å². The van der Waals surface area contributed by atoms with E-state index in [4.69, 9.17) is 4.98 Å². The van der Waals surface area contributed by atoms with E-state index in [1.807, 2.05) is 0 Å². The van der Waals surface area contributed by atoms with Crippen molar-refractivity contribution in [1.82, 2.24) is 14.9 Å². The highest BCUT2D eigenvalue weighted by Crippen LogP contribution is 2.45. The van der Waals surface area contributed by atoms with Crippen LogP contribution < -0.4 is 5.32 Å². The molecule has 0 amide bonds. The molecular formula is C17H25N3. The Morgan fingerprint density at radius 2 is 2.10 bits per heavy atom. The van der Waals surface area contributed by atoms with E-state index in [-0.39, 0.29) is 0 Å². The Morgan fingerprint density at radius 1 is 1.35 bits per heavy atom. The van der Waals surface area contributed by atoms with E-state index in [0.717, 1.165) is 11.9 Å². The van der Waals surface area contributed by atoms with Crippen LogP contribution in [-0.4, -0.2) is 22.6 Å². The minimum absolute atomic E-state index is 0.343. The molecule has 1 aromatic heterocycles. The lowest BCUT2D eigenvalue weighted by Gasteiger charge is -2.32. The molecule has 0 saturated heterocycles. The van der Waals surface area contributed by atoms with Gasteiger partial charge in [-0.25, -0.2) is 4.98 Å². The Kier molecular flexibility index (Phi) is 3.33. The van der Waals surface area contributed by atoms with Crippen molar-refractivity contribution in [3.63, 3.8) is 0 Å². The molecule has 2 atom stereocenters. The van der Waals surface area contributed by atoms with Crippen LogP contribution in [0.25, 0.3) is 11.0 Å². The monoisotopic (exact) mass is 271 g/mol. The Bertz CT molecular complexity index is 612. The molecule has 0 spiro atoms. The number of rotatable bonds is 3. The lowest BCUT2D eigenvalue weighted by Crippen LogP contribution is -2.41. The van der Waals surface area contributed by atoms with Gasteiger partial charge in [-0.2, -0.15) is 0 Å². The van der Waals surface area contributed by atoms with Crippen molar-refractivity contribution < 1.29 is 0 Å². The number of hydrogen-bond donors (Lipinski definition) is 1. The summed E-state index contributed by atoms with van der Waals surface area (Å²) in [6.07, 6.45) is 3.48. The van der Waals surface area contributed by atoms with Gasteiger partial charge in [-0.15, -0.1) is 0 Å². The van der Waals surface area contributed by atoms with E-state index in [1.54, 1.807) is 0 Å². The van der Waals surface area contributed by atoms with E-state index in [9.17, 15) is 0 Å². The van der Waals surface area contributed by atoms with Crippen molar-refractivity contribution in [2.75, 3.05) is 7.05 Å². The van der Waals surface area contributed by atoms with Gasteiger partial charge in [0.15, 0.2) is 0 Å². The minimum atomic E-state index is 0.343. The van der Waals surface area contributed by atoms with Crippen molar-refractivity contribution in [2.45, 2.75) is 52.1 Å². The van der Waals surface area contributed by atoms with Gasteiger partial charge in [0.1, 0.15) is 5.82 Å². The summed E-state index contributed by atoms with van der Waals surface area (Å²) in [4.78, 5) is 4.83. The summed E-state index contributed by atoms with van der Waals surface area (Å²) in [6, 6.07) is 9.54. The number of fused-ring (bicyclic) bond motifs is 1. The first kappa shape index (κ1) is 13.6. The van der Waals surface area contributed by atoms with Crippen LogP contribution in [0.5, 0.6) is 0 Å². The third-order valence-corrected chi connectivity index (χ3v) is 4.94. The van der Waals surface area contributed by atoms with Crippen molar-refractivity contribution >= 4 is 11.0 Å². The standard InChI is InChI=1S/C17H25N3/c1-5-15-19-12-8-6-7-9-13(12)20(15)14-10-11-17(2,3)16(14)18-4/h6-9,14,16,18H,5,10-11H2,1-4H3. The molecule has 1 aromatic carbocycles. The quantitative estimate of drug-likeness (QED) is 0.925. The molecule has 0 radical (unpaired) electrons. The fraction of sp³-hybridized carbons (Fsp3) is 0.588. The third kappa shape index (κ3) is 1.96. The first-order valence-corrected chi connectivity index (χ1v) is 7.71. The van der Waals surface area contributed by atoms with Crippen LogP contribution in [0.15, 0.2) is 24.3 Å². The number of benzene rings is 1. The van der Waals surface area contributed by atoms with Crippen LogP contribution in [-0.2, 0) is 6.42 Å². The van der Waals surface area contributed by atoms with Crippen LogP contribution in [0.4, 0.5) is 0 Å². The minimum Gasteiger partial charge on any atom is -0.323 e. The fourth-order valence-electron chi connectivity index (χ4n) is 3.94. The van der Waals surface area contributed by atoms with E-state index in [2.05, 4.69) is 62.0 Å². The van der Waals surface area contributed by atoms with Gasteiger partial charge >= 0.3 is 0 Å². The predicted octanol–water partition coefficient (Wildman–Crippen LogP) is 3.55. The van der Waals surface area contributed by atoms with Crippen molar-refractivity contribution in [3.8, 4) is 0 Å². The second-order valence-electron chi connectivity index (χ2n) is 6.60. The molecule has 1 heterocycles. The van der Waals surface area contributed by atoms with Gasteiger partial charge in [0.05, 0.1) is 17.1 Å². The first-order valence-electron chi connectivity index (χ1n) is 7.71. The SMILES string of the molecule is CCc1nc2ccccc2n1C1CCC(C)(C)C1NC. The molecule has 3 nitrogen and oxygen atoms in total. The zero-order chi connectivity index (χ0) is 14.3.